The van der Waals surface area contributed by atoms with Gasteiger partial charge >= 0.3 is 0 Å². The highest BCUT2D eigenvalue weighted by atomic mass is 15.0. The summed E-state index contributed by atoms with van der Waals surface area (Å²) >= 11 is 0. The molecule has 1 nitrogen and oxygen atoms in total. The molecule has 0 aromatic heterocycles. The van der Waals surface area contributed by atoms with Crippen molar-refractivity contribution in [3.63, 3.8) is 0 Å². The van der Waals surface area contributed by atoms with Crippen LogP contribution in [0.4, 0.5) is 0 Å². The quantitative estimate of drug-likeness (QED) is 0.549. The van der Waals surface area contributed by atoms with Crippen LogP contribution < -0.4 is 5.32 Å². The van der Waals surface area contributed by atoms with Gasteiger partial charge in [0.2, 0.25) is 0 Å². The van der Waals surface area contributed by atoms with E-state index < -0.39 is 0 Å². The number of allylic oxidation sites excluding steroid dienone is 1. The monoisotopic (exact) mass is 301 g/mol. The molecule has 0 unspecified atom stereocenters. The minimum atomic E-state index is 0.427. The van der Waals surface area contributed by atoms with Crippen LogP contribution in [0, 0.1) is 42.1 Å². The second-order valence-corrected chi connectivity index (χ2v) is 9.96. The molecule has 0 heterocycles. The van der Waals surface area contributed by atoms with Crippen molar-refractivity contribution in [2.24, 2.45) is 35.0 Å². The molecule has 2 fully saturated rings. The topological polar surface area (TPSA) is 16.6 Å². The zero-order valence-corrected chi connectivity index (χ0v) is 15.1. The zero-order valence-electron chi connectivity index (χ0n) is 15.1. The molecule has 2 saturated carbocycles. The predicted octanol–water partition coefficient (Wildman–Crippen LogP) is 4.31. The Morgan fingerprint density at radius 1 is 1.14 bits per heavy atom. The molecule has 2 N–H and O–H groups in total. The highest BCUT2D eigenvalue weighted by molar-refractivity contribution is 5.34. The highest BCUT2D eigenvalue weighted by Crippen LogP contribution is 2.62. The summed E-state index contributed by atoms with van der Waals surface area (Å²) < 4.78 is 0. The molecule has 4 aliphatic carbocycles. The largest absolute Gasteiger partial charge is 0.473 e. The summed E-state index contributed by atoms with van der Waals surface area (Å²) in [6.45, 7) is 10.1. The van der Waals surface area contributed by atoms with Crippen LogP contribution >= 0.6 is 0 Å². The van der Waals surface area contributed by atoms with E-state index >= 15 is 0 Å². The number of hydrogen-bond acceptors (Lipinski definition) is 0. The first-order valence-corrected chi connectivity index (χ1v) is 9.73. The van der Waals surface area contributed by atoms with Crippen LogP contribution in [0.3, 0.4) is 0 Å². The maximum Gasteiger partial charge on any atom is 0.0818 e. The lowest BCUT2D eigenvalue weighted by Crippen LogP contribution is -2.97. The van der Waals surface area contributed by atoms with Gasteiger partial charge in [0, 0.05) is 18.3 Å². The standard InChI is InChI=1S/C21H35N/c1-13-10-16-12-20(3,4)11-15-8-9-21(22-5)14(2)6-7-17(13)19(21)18(15)16/h13-15,17,19H,5-12,22H2,1-4H3/t13-,14-,15-,17+,19-,21-/m0/s1. The van der Waals surface area contributed by atoms with Crippen molar-refractivity contribution >= 4 is 0 Å². The van der Waals surface area contributed by atoms with Crippen LogP contribution in [-0.4, -0.2) is 5.54 Å². The van der Waals surface area contributed by atoms with Gasteiger partial charge in [-0.15, -0.1) is 0 Å². The molecule has 6 atom stereocenters. The smallest absolute Gasteiger partial charge is 0.0818 e. The number of nitrogens with two attached hydrogens (primary N) is 1. The highest BCUT2D eigenvalue weighted by Gasteiger charge is 2.59. The Morgan fingerprint density at radius 3 is 2.64 bits per heavy atom. The van der Waals surface area contributed by atoms with Crippen LogP contribution in [0.1, 0.15) is 72.6 Å². The van der Waals surface area contributed by atoms with E-state index in [1.807, 2.05) is 11.1 Å². The van der Waals surface area contributed by atoms with Crippen LogP contribution in [0.5, 0.6) is 0 Å². The summed E-state index contributed by atoms with van der Waals surface area (Å²) in [6.07, 6.45) is 9.93. The molecule has 0 bridgehead atoms. The third-order valence-electron chi connectivity index (χ3n) is 8.14. The third kappa shape index (κ3) is 1.93. The average molecular weight is 302 g/mol. The lowest BCUT2D eigenvalue weighted by molar-refractivity contribution is -0.700. The van der Waals surface area contributed by atoms with Crippen molar-refractivity contribution < 1.29 is 5.32 Å². The molecule has 0 aromatic rings. The molecule has 0 saturated heterocycles. The number of hydrogen-bond donors (Lipinski definition) is 1. The summed E-state index contributed by atoms with van der Waals surface area (Å²) in [5.41, 5.74) is 4.80. The molecule has 124 valence electrons. The molecule has 0 spiro atoms. The van der Waals surface area contributed by atoms with Crippen LogP contribution in [0.15, 0.2) is 11.1 Å². The first kappa shape index (κ1) is 15.2. The summed E-state index contributed by atoms with van der Waals surface area (Å²) in [7, 11) is 4.36. The second kappa shape index (κ2) is 4.85. The maximum absolute atomic E-state index is 4.36. The Bertz CT molecular complexity index is 502. The van der Waals surface area contributed by atoms with Gasteiger partial charge in [-0.25, -0.2) is 0 Å². The molecule has 0 radical (unpaired) electrons. The minimum absolute atomic E-state index is 0.427. The van der Waals surface area contributed by atoms with E-state index in [0.29, 0.717) is 11.0 Å². The van der Waals surface area contributed by atoms with Crippen LogP contribution in [-0.2, 0) is 0 Å². The van der Waals surface area contributed by atoms with Crippen molar-refractivity contribution in [3.8, 4) is 0 Å². The minimum Gasteiger partial charge on any atom is -0.473 e. The Balaban J connectivity index is 1.85. The van der Waals surface area contributed by atoms with Gasteiger partial charge in [0.25, 0.3) is 0 Å². The van der Waals surface area contributed by atoms with E-state index in [9.17, 15) is 0 Å². The summed E-state index contributed by atoms with van der Waals surface area (Å²) in [4.78, 5) is 0. The Kier molecular flexibility index (Phi) is 3.36. The van der Waals surface area contributed by atoms with Gasteiger partial charge in [-0.1, -0.05) is 38.8 Å². The molecule has 0 amide bonds. The summed E-state index contributed by atoms with van der Waals surface area (Å²) in [5.74, 6) is 4.42. The van der Waals surface area contributed by atoms with E-state index in [1.54, 1.807) is 0 Å². The van der Waals surface area contributed by atoms with Gasteiger partial charge in [-0.3, -0.25) is 0 Å². The first-order valence-electron chi connectivity index (χ1n) is 9.73. The lowest BCUT2D eigenvalue weighted by atomic mass is 9.45. The number of quaternary nitrogens is 1. The van der Waals surface area contributed by atoms with Crippen molar-refractivity contribution in [1.82, 2.24) is 0 Å². The van der Waals surface area contributed by atoms with E-state index in [4.69, 9.17) is 0 Å². The molecule has 0 aliphatic heterocycles. The van der Waals surface area contributed by atoms with E-state index in [-0.39, 0.29) is 0 Å². The van der Waals surface area contributed by atoms with Crippen molar-refractivity contribution in [2.75, 3.05) is 0 Å². The zero-order chi connectivity index (χ0) is 15.7. The van der Waals surface area contributed by atoms with Gasteiger partial charge in [0.15, 0.2) is 0 Å². The Labute approximate surface area is 137 Å². The molecular weight excluding hydrogens is 266 g/mol. The number of rotatable bonds is 1. The second-order valence-electron chi connectivity index (χ2n) is 9.96. The van der Waals surface area contributed by atoms with Gasteiger partial charge in [-0.2, -0.15) is 7.05 Å². The van der Waals surface area contributed by atoms with Crippen LogP contribution in [0.2, 0.25) is 0 Å². The molecule has 4 aliphatic rings. The first-order chi connectivity index (χ1) is 10.4. The van der Waals surface area contributed by atoms with Crippen molar-refractivity contribution in [2.45, 2.75) is 78.2 Å². The molecule has 22 heavy (non-hydrogen) atoms. The molecule has 1 heteroatoms. The van der Waals surface area contributed by atoms with Gasteiger partial charge in [0.05, 0.1) is 5.54 Å². The molecule has 4 rings (SSSR count). The fourth-order valence-corrected chi connectivity index (χ4v) is 7.25. The van der Waals surface area contributed by atoms with Gasteiger partial charge < -0.3 is 5.32 Å². The van der Waals surface area contributed by atoms with Gasteiger partial charge in [-0.05, 0) is 61.7 Å². The summed E-state index contributed by atoms with van der Waals surface area (Å²) in [5, 5.41) is 2.41. The SMILES string of the molecule is [CH2-][NH2+][C@]12CC[C@H]3CC(C)(C)CC4=C3[C@@H]1[C@H](CC[C@@H]2C)[C@@H](C)C4. The van der Waals surface area contributed by atoms with Gasteiger partial charge in [0.1, 0.15) is 0 Å². The van der Waals surface area contributed by atoms with E-state index in [2.05, 4.69) is 40.1 Å². The third-order valence-corrected chi connectivity index (χ3v) is 8.14. The predicted molar refractivity (Wildman–Crippen MR) is 91.9 cm³/mol. The molecule has 0 aromatic carbocycles. The lowest BCUT2D eigenvalue weighted by Gasteiger charge is -2.62. The fraction of sp³-hybridized carbons (Fsp3) is 0.857. The summed E-state index contributed by atoms with van der Waals surface area (Å²) in [6, 6.07) is 0. The Morgan fingerprint density at radius 2 is 1.91 bits per heavy atom. The fourth-order valence-electron chi connectivity index (χ4n) is 7.25. The normalized spacial score (nSPS) is 49.8. The maximum atomic E-state index is 4.36. The van der Waals surface area contributed by atoms with E-state index in [0.717, 1.165) is 29.6 Å². The average Bonchev–Trinajstić information content (AvgIpc) is 2.45. The van der Waals surface area contributed by atoms with Crippen molar-refractivity contribution in [1.29, 1.82) is 0 Å². The van der Waals surface area contributed by atoms with E-state index in [1.165, 1.54) is 44.9 Å². The van der Waals surface area contributed by atoms with Crippen molar-refractivity contribution in [3.05, 3.63) is 18.2 Å². The Hall–Kier alpha value is -0.300. The van der Waals surface area contributed by atoms with Crippen LogP contribution in [0.25, 0.3) is 0 Å². The molecular formula is C21H35N.